The highest BCUT2D eigenvalue weighted by molar-refractivity contribution is 7.17. The van der Waals surface area contributed by atoms with Gasteiger partial charge in [0.15, 0.2) is 0 Å². The Morgan fingerprint density at radius 1 is 1.33 bits per heavy atom. The van der Waals surface area contributed by atoms with Crippen LogP contribution in [-0.2, 0) is 6.42 Å². The summed E-state index contributed by atoms with van der Waals surface area (Å²) >= 11 is 1.22. The summed E-state index contributed by atoms with van der Waals surface area (Å²) in [5, 5.41) is 23.2. The Labute approximate surface area is 126 Å². The number of carbonyl (C=O) groups is 1. The van der Waals surface area contributed by atoms with Gasteiger partial charge in [-0.1, -0.05) is 30.4 Å². The van der Waals surface area contributed by atoms with Crippen molar-refractivity contribution in [3.8, 4) is 6.07 Å². The predicted molar refractivity (Wildman–Crippen MR) is 82.4 cm³/mol. The highest BCUT2D eigenvalue weighted by atomic mass is 32.1. The Bertz CT molecular complexity index is 644. The van der Waals surface area contributed by atoms with Crippen LogP contribution in [0, 0.1) is 11.3 Å². The SMILES string of the molecule is CCCNc1nnc(C(=O)Nc2ccc(CC#N)cc2)s1. The highest BCUT2D eigenvalue weighted by Crippen LogP contribution is 2.17. The van der Waals surface area contributed by atoms with E-state index in [1.54, 1.807) is 12.1 Å². The molecule has 6 nitrogen and oxygen atoms in total. The van der Waals surface area contributed by atoms with Gasteiger partial charge >= 0.3 is 0 Å². The zero-order chi connectivity index (χ0) is 15.1. The maximum absolute atomic E-state index is 12.0. The number of benzene rings is 1. The summed E-state index contributed by atoms with van der Waals surface area (Å²) < 4.78 is 0. The number of rotatable bonds is 6. The van der Waals surface area contributed by atoms with E-state index in [0.29, 0.717) is 22.2 Å². The van der Waals surface area contributed by atoms with Crippen molar-refractivity contribution in [2.45, 2.75) is 19.8 Å². The number of nitrogens with zero attached hydrogens (tertiary/aromatic N) is 3. The molecule has 0 atom stereocenters. The van der Waals surface area contributed by atoms with E-state index < -0.39 is 0 Å². The highest BCUT2D eigenvalue weighted by Gasteiger charge is 2.12. The fourth-order valence-electron chi connectivity index (χ4n) is 1.60. The number of amides is 1. The molecule has 2 aromatic rings. The molecule has 0 bridgehead atoms. The number of anilines is 2. The minimum absolute atomic E-state index is 0.287. The minimum Gasteiger partial charge on any atom is -0.360 e. The Morgan fingerprint density at radius 3 is 2.76 bits per heavy atom. The van der Waals surface area contributed by atoms with E-state index in [2.05, 4.69) is 33.8 Å². The lowest BCUT2D eigenvalue weighted by molar-refractivity contribution is 0.102. The molecular weight excluding hydrogens is 286 g/mol. The van der Waals surface area contributed by atoms with Crippen LogP contribution in [-0.4, -0.2) is 22.6 Å². The van der Waals surface area contributed by atoms with E-state index in [1.807, 2.05) is 12.1 Å². The van der Waals surface area contributed by atoms with Gasteiger partial charge in [0.2, 0.25) is 10.1 Å². The van der Waals surface area contributed by atoms with Crippen LogP contribution in [0.25, 0.3) is 0 Å². The molecule has 1 aromatic carbocycles. The van der Waals surface area contributed by atoms with Crippen LogP contribution in [0.5, 0.6) is 0 Å². The third kappa shape index (κ3) is 4.26. The molecule has 108 valence electrons. The molecule has 2 rings (SSSR count). The first-order chi connectivity index (χ1) is 10.2. The van der Waals surface area contributed by atoms with Gasteiger partial charge in [0.1, 0.15) is 0 Å². The second kappa shape index (κ2) is 7.36. The molecule has 1 aromatic heterocycles. The quantitative estimate of drug-likeness (QED) is 0.856. The molecule has 0 unspecified atom stereocenters. The summed E-state index contributed by atoms with van der Waals surface area (Å²) in [6, 6.07) is 9.24. The number of aromatic nitrogens is 2. The third-order valence-electron chi connectivity index (χ3n) is 2.64. The normalized spacial score (nSPS) is 9.90. The van der Waals surface area contributed by atoms with Gasteiger partial charge < -0.3 is 10.6 Å². The molecule has 0 saturated carbocycles. The third-order valence-corrected chi connectivity index (χ3v) is 3.52. The molecule has 0 radical (unpaired) electrons. The van der Waals surface area contributed by atoms with E-state index in [-0.39, 0.29) is 5.91 Å². The van der Waals surface area contributed by atoms with Crippen LogP contribution in [0.4, 0.5) is 10.8 Å². The van der Waals surface area contributed by atoms with Gasteiger partial charge in [-0.15, -0.1) is 10.2 Å². The van der Waals surface area contributed by atoms with Crippen molar-refractivity contribution in [2.75, 3.05) is 17.2 Å². The molecule has 0 aliphatic carbocycles. The molecular formula is C14H15N5OS. The summed E-state index contributed by atoms with van der Waals surface area (Å²) in [5.41, 5.74) is 1.58. The Hall–Kier alpha value is -2.46. The van der Waals surface area contributed by atoms with Crippen molar-refractivity contribution in [3.63, 3.8) is 0 Å². The van der Waals surface area contributed by atoms with Crippen LogP contribution < -0.4 is 10.6 Å². The van der Waals surface area contributed by atoms with Gasteiger partial charge in [0.25, 0.3) is 5.91 Å². The van der Waals surface area contributed by atoms with Crippen molar-refractivity contribution in [1.82, 2.24) is 10.2 Å². The predicted octanol–water partition coefficient (Wildman–Crippen LogP) is 2.68. The standard InChI is InChI=1S/C14H15N5OS/c1-2-9-16-14-19-18-13(21-14)12(20)17-11-5-3-10(4-6-11)7-8-15/h3-6H,2,7,9H2,1H3,(H,16,19)(H,17,20). The van der Waals surface area contributed by atoms with E-state index in [9.17, 15) is 4.79 Å². The maximum atomic E-state index is 12.0. The first kappa shape index (κ1) is 14.9. The summed E-state index contributed by atoms with van der Waals surface area (Å²) in [4.78, 5) is 12.0. The molecule has 7 heteroatoms. The van der Waals surface area contributed by atoms with E-state index in [1.165, 1.54) is 11.3 Å². The van der Waals surface area contributed by atoms with Crippen molar-refractivity contribution < 1.29 is 4.79 Å². The molecule has 1 heterocycles. The van der Waals surface area contributed by atoms with Gasteiger partial charge in [0, 0.05) is 12.2 Å². The average Bonchev–Trinajstić information content (AvgIpc) is 2.96. The van der Waals surface area contributed by atoms with E-state index in [0.717, 1.165) is 18.5 Å². The lowest BCUT2D eigenvalue weighted by atomic mass is 10.1. The number of hydrogen-bond donors (Lipinski definition) is 2. The molecule has 0 aliphatic heterocycles. The average molecular weight is 301 g/mol. The van der Waals surface area contributed by atoms with E-state index >= 15 is 0 Å². The summed E-state index contributed by atoms with van der Waals surface area (Å²) in [6.07, 6.45) is 1.34. The summed E-state index contributed by atoms with van der Waals surface area (Å²) in [5.74, 6) is -0.287. The van der Waals surface area contributed by atoms with Gasteiger partial charge in [-0.05, 0) is 24.1 Å². The van der Waals surface area contributed by atoms with E-state index in [4.69, 9.17) is 5.26 Å². The van der Waals surface area contributed by atoms with Crippen molar-refractivity contribution in [1.29, 1.82) is 5.26 Å². The molecule has 0 aliphatic rings. The fraction of sp³-hybridized carbons (Fsp3) is 0.286. The first-order valence-corrected chi connectivity index (χ1v) is 7.39. The molecule has 0 fully saturated rings. The van der Waals surface area contributed by atoms with Crippen LogP contribution in [0.3, 0.4) is 0 Å². The molecule has 21 heavy (non-hydrogen) atoms. The lowest BCUT2D eigenvalue weighted by Gasteiger charge is -2.03. The zero-order valence-corrected chi connectivity index (χ0v) is 12.4. The first-order valence-electron chi connectivity index (χ1n) is 6.57. The summed E-state index contributed by atoms with van der Waals surface area (Å²) in [7, 11) is 0. The summed E-state index contributed by atoms with van der Waals surface area (Å²) in [6.45, 7) is 2.86. The van der Waals surface area contributed by atoms with Crippen molar-refractivity contribution in [3.05, 3.63) is 34.8 Å². The van der Waals surface area contributed by atoms with Crippen molar-refractivity contribution >= 4 is 28.1 Å². The Kier molecular flexibility index (Phi) is 5.23. The molecule has 1 amide bonds. The minimum atomic E-state index is -0.287. The number of nitriles is 1. The molecule has 0 spiro atoms. The van der Waals surface area contributed by atoms with Crippen molar-refractivity contribution in [2.24, 2.45) is 0 Å². The second-order valence-electron chi connectivity index (χ2n) is 4.33. The van der Waals surface area contributed by atoms with Crippen LogP contribution in [0.2, 0.25) is 0 Å². The topological polar surface area (TPSA) is 90.7 Å². The van der Waals surface area contributed by atoms with Gasteiger partial charge in [-0.2, -0.15) is 5.26 Å². The lowest BCUT2D eigenvalue weighted by Crippen LogP contribution is -2.11. The maximum Gasteiger partial charge on any atom is 0.286 e. The molecule has 2 N–H and O–H groups in total. The Balaban J connectivity index is 1.97. The van der Waals surface area contributed by atoms with Gasteiger partial charge in [-0.25, -0.2) is 0 Å². The van der Waals surface area contributed by atoms with Crippen LogP contribution >= 0.6 is 11.3 Å². The van der Waals surface area contributed by atoms with Gasteiger partial charge in [0.05, 0.1) is 12.5 Å². The van der Waals surface area contributed by atoms with Crippen LogP contribution in [0.15, 0.2) is 24.3 Å². The largest absolute Gasteiger partial charge is 0.360 e. The monoisotopic (exact) mass is 301 g/mol. The zero-order valence-electron chi connectivity index (χ0n) is 11.6. The van der Waals surface area contributed by atoms with Crippen LogP contribution in [0.1, 0.15) is 28.7 Å². The number of nitrogens with one attached hydrogen (secondary N) is 2. The number of hydrogen-bond acceptors (Lipinski definition) is 6. The second-order valence-corrected chi connectivity index (χ2v) is 5.30. The molecule has 0 saturated heterocycles. The smallest absolute Gasteiger partial charge is 0.286 e. The number of carbonyl (C=O) groups excluding carboxylic acids is 1. The Morgan fingerprint density at radius 2 is 2.10 bits per heavy atom. The fourth-order valence-corrected chi connectivity index (χ4v) is 2.26. The van der Waals surface area contributed by atoms with Gasteiger partial charge in [-0.3, -0.25) is 4.79 Å².